The minimum absolute atomic E-state index is 0.269. The Morgan fingerprint density at radius 3 is 2.97 bits per heavy atom. The number of halogens is 1. The number of aromatic nitrogens is 7. The summed E-state index contributed by atoms with van der Waals surface area (Å²) in [4.78, 5) is 16.1. The number of nitrogen functional groups attached to an aromatic ring is 1. The number of hydrogen-bond acceptors (Lipinski definition) is 8. The third kappa shape index (κ3) is 3.33. The van der Waals surface area contributed by atoms with Crippen LogP contribution in [0.15, 0.2) is 45.7 Å². The highest BCUT2D eigenvalue weighted by atomic mass is 79.9. The van der Waals surface area contributed by atoms with Crippen LogP contribution < -0.4 is 5.73 Å². The minimum atomic E-state index is 0.269. The van der Waals surface area contributed by atoms with Gasteiger partial charge in [0.05, 0.1) is 17.8 Å². The molecule has 6 heterocycles. The lowest BCUT2D eigenvalue weighted by atomic mass is 10.1. The molecule has 0 aliphatic carbocycles. The third-order valence-electron chi connectivity index (χ3n) is 5.77. The molecule has 32 heavy (non-hydrogen) atoms. The normalized spacial score (nSPS) is 14.4. The Balaban J connectivity index is 1.21. The highest BCUT2D eigenvalue weighted by Crippen LogP contribution is 2.24. The molecule has 0 saturated carbocycles. The number of pyridine rings is 1. The molecule has 2 N–H and O–H groups in total. The zero-order valence-corrected chi connectivity index (χ0v) is 18.7. The molecule has 1 aliphatic rings. The number of aryl methyl sites for hydroxylation is 1. The Hall–Kier alpha value is -3.31. The van der Waals surface area contributed by atoms with E-state index in [-0.39, 0.29) is 5.95 Å². The maximum absolute atomic E-state index is 6.18. The fraction of sp³-hybridized carbons (Fsp3) is 0.286. The van der Waals surface area contributed by atoms with Gasteiger partial charge in [-0.25, -0.2) is 9.67 Å². The van der Waals surface area contributed by atoms with E-state index < -0.39 is 0 Å². The molecule has 0 bridgehead atoms. The lowest BCUT2D eigenvalue weighted by Crippen LogP contribution is -2.32. The summed E-state index contributed by atoms with van der Waals surface area (Å²) < 4.78 is 9.86. The molecule has 0 amide bonds. The van der Waals surface area contributed by atoms with Gasteiger partial charge in [0, 0.05) is 49.0 Å². The van der Waals surface area contributed by atoms with Crippen molar-refractivity contribution in [2.45, 2.75) is 25.9 Å². The molecule has 0 spiro atoms. The number of hydrogen-bond donors (Lipinski definition) is 1. The molecular formula is C21H20BrN9O. The van der Waals surface area contributed by atoms with Crippen LogP contribution in [-0.4, -0.2) is 52.3 Å². The standard InChI is InChI=1S/C21H20BrN9O/c22-14-9-13-12-29(7-4-16(13)24-10-14)5-2-6-30-19-15(11-25-30)20-26-18(17-3-1-8-32-17)28-31(20)21(23)27-19/h1,3,8-11H,2,4-7,12H2,(H2,23,27). The fourth-order valence-electron chi connectivity index (χ4n) is 4.22. The predicted octanol–water partition coefficient (Wildman–Crippen LogP) is 2.92. The second-order valence-corrected chi connectivity index (χ2v) is 8.78. The summed E-state index contributed by atoms with van der Waals surface area (Å²) in [6.07, 6.45) is 7.17. The molecule has 6 rings (SSSR count). The SMILES string of the molecule is Nc1nc2c(cnn2CCCN2CCc3ncc(Br)cc3C2)c2nc(-c3ccco3)nn12. The molecule has 5 aromatic rings. The first-order valence-corrected chi connectivity index (χ1v) is 11.2. The van der Waals surface area contributed by atoms with Crippen molar-refractivity contribution in [1.82, 2.24) is 39.2 Å². The van der Waals surface area contributed by atoms with Crippen LogP contribution in [0.4, 0.5) is 5.95 Å². The van der Waals surface area contributed by atoms with Gasteiger partial charge in [0.25, 0.3) is 0 Å². The lowest BCUT2D eigenvalue weighted by molar-refractivity contribution is 0.243. The second kappa shape index (κ2) is 7.68. The molecule has 0 saturated heterocycles. The first-order chi connectivity index (χ1) is 15.7. The quantitative estimate of drug-likeness (QED) is 0.397. The summed E-state index contributed by atoms with van der Waals surface area (Å²) in [7, 11) is 0. The van der Waals surface area contributed by atoms with E-state index in [1.165, 1.54) is 15.8 Å². The van der Waals surface area contributed by atoms with E-state index in [0.717, 1.165) is 48.9 Å². The largest absolute Gasteiger partial charge is 0.461 e. The van der Waals surface area contributed by atoms with Crippen molar-refractivity contribution in [3.8, 4) is 11.6 Å². The van der Waals surface area contributed by atoms with Gasteiger partial charge in [-0.1, -0.05) is 0 Å². The molecular weight excluding hydrogens is 474 g/mol. The Labute approximate surface area is 191 Å². The molecule has 10 nitrogen and oxygen atoms in total. The zero-order chi connectivity index (χ0) is 21.7. The van der Waals surface area contributed by atoms with Gasteiger partial charge in [0.1, 0.15) is 0 Å². The van der Waals surface area contributed by atoms with Crippen molar-refractivity contribution in [1.29, 1.82) is 0 Å². The number of furan rings is 1. The molecule has 11 heteroatoms. The van der Waals surface area contributed by atoms with Gasteiger partial charge >= 0.3 is 0 Å². The number of anilines is 1. The number of rotatable bonds is 5. The van der Waals surface area contributed by atoms with Gasteiger partial charge in [-0.05, 0) is 46.1 Å². The summed E-state index contributed by atoms with van der Waals surface area (Å²) in [6, 6.07) is 5.78. The van der Waals surface area contributed by atoms with Gasteiger partial charge in [-0.15, -0.1) is 5.10 Å². The van der Waals surface area contributed by atoms with E-state index in [1.54, 1.807) is 18.5 Å². The van der Waals surface area contributed by atoms with E-state index in [4.69, 9.17) is 10.2 Å². The average Bonchev–Trinajstić information content (AvgIpc) is 3.53. The van der Waals surface area contributed by atoms with Crippen LogP contribution in [-0.2, 0) is 19.5 Å². The van der Waals surface area contributed by atoms with E-state index >= 15 is 0 Å². The number of fused-ring (bicyclic) bond motifs is 4. The first-order valence-electron chi connectivity index (χ1n) is 10.4. The van der Waals surface area contributed by atoms with Gasteiger partial charge in [-0.3, -0.25) is 9.88 Å². The maximum Gasteiger partial charge on any atom is 0.225 e. The topological polar surface area (TPSA) is 116 Å². The number of nitrogens with zero attached hydrogens (tertiary/aromatic N) is 8. The van der Waals surface area contributed by atoms with Crippen molar-refractivity contribution in [2.24, 2.45) is 0 Å². The van der Waals surface area contributed by atoms with Crippen LogP contribution in [0.25, 0.3) is 28.3 Å². The van der Waals surface area contributed by atoms with Crippen molar-refractivity contribution in [2.75, 3.05) is 18.8 Å². The summed E-state index contributed by atoms with van der Waals surface area (Å²) >= 11 is 3.52. The first kappa shape index (κ1) is 19.4. The smallest absolute Gasteiger partial charge is 0.225 e. The summed E-state index contributed by atoms with van der Waals surface area (Å²) in [6.45, 7) is 3.65. The van der Waals surface area contributed by atoms with E-state index in [0.29, 0.717) is 22.9 Å². The van der Waals surface area contributed by atoms with Gasteiger partial charge < -0.3 is 10.2 Å². The van der Waals surface area contributed by atoms with Crippen LogP contribution in [0.1, 0.15) is 17.7 Å². The van der Waals surface area contributed by atoms with E-state index in [2.05, 4.69) is 52.0 Å². The Morgan fingerprint density at radius 1 is 1.16 bits per heavy atom. The van der Waals surface area contributed by atoms with Crippen LogP contribution in [0.3, 0.4) is 0 Å². The monoisotopic (exact) mass is 493 g/mol. The highest BCUT2D eigenvalue weighted by Gasteiger charge is 2.19. The van der Waals surface area contributed by atoms with Gasteiger partial charge in [0.15, 0.2) is 17.1 Å². The average molecular weight is 494 g/mol. The molecule has 0 radical (unpaired) electrons. The van der Waals surface area contributed by atoms with E-state index in [1.807, 2.05) is 16.9 Å². The molecule has 0 unspecified atom stereocenters. The van der Waals surface area contributed by atoms with Crippen LogP contribution >= 0.6 is 15.9 Å². The third-order valence-corrected chi connectivity index (χ3v) is 6.20. The molecule has 0 fully saturated rings. The molecule has 1 aliphatic heterocycles. The Morgan fingerprint density at radius 2 is 2.09 bits per heavy atom. The zero-order valence-electron chi connectivity index (χ0n) is 17.1. The predicted molar refractivity (Wildman–Crippen MR) is 122 cm³/mol. The second-order valence-electron chi connectivity index (χ2n) is 7.86. The number of nitrogens with two attached hydrogens (primary N) is 1. The molecule has 162 valence electrons. The van der Waals surface area contributed by atoms with Crippen molar-refractivity contribution < 1.29 is 4.42 Å². The van der Waals surface area contributed by atoms with Crippen molar-refractivity contribution >= 4 is 38.6 Å². The highest BCUT2D eigenvalue weighted by molar-refractivity contribution is 9.10. The summed E-state index contributed by atoms with van der Waals surface area (Å²) in [5.74, 6) is 1.32. The Kier molecular flexibility index (Phi) is 4.65. The molecule has 5 aromatic heterocycles. The van der Waals surface area contributed by atoms with Gasteiger partial charge in [0.2, 0.25) is 11.8 Å². The molecule has 0 atom stereocenters. The maximum atomic E-state index is 6.18. The molecule has 0 aromatic carbocycles. The van der Waals surface area contributed by atoms with Crippen LogP contribution in [0, 0.1) is 0 Å². The summed E-state index contributed by atoms with van der Waals surface area (Å²) in [5, 5.41) is 9.79. The summed E-state index contributed by atoms with van der Waals surface area (Å²) in [5.41, 5.74) is 10.0. The lowest BCUT2D eigenvalue weighted by Gasteiger charge is -2.28. The van der Waals surface area contributed by atoms with Crippen LogP contribution in [0.5, 0.6) is 0 Å². The fourth-order valence-corrected chi connectivity index (χ4v) is 4.60. The van der Waals surface area contributed by atoms with Crippen molar-refractivity contribution in [3.63, 3.8) is 0 Å². The minimum Gasteiger partial charge on any atom is -0.461 e. The van der Waals surface area contributed by atoms with E-state index in [9.17, 15) is 0 Å². The van der Waals surface area contributed by atoms with Crippen molar-refractivity contribution in [3.05, 3.63) is 52.6 Å². The Bertz CT molecular complexity index is 1420. The van der Waals surface area contributed by atoms with Gasteiger partial charge in [-0.2, -0.15) is 14.6 Å². The van der Waals surface area contributed by atoms with Crippen LogP contribution in [0.2, 0.25) is 0 Å².